The Morgan fingerprint density at radius 3 is 2.75 bits per heavy atom. The number of halogens is 1. The minimum absolute atomic E-state index is 0.155. The largest absolute Gasteiger partial charge is 0.310 e. The maximum atomic E-state index is 13.1. The molecule has 0 aliphatic rings. The molecule has 0 aliphatic carbocycles. The van der Waals surface area contributed by atoms with Crippen LogP contribution in [0.4, 0.5) is 10.2 Å². The lowest BCUT2D eigenvalue weighted by Gasteiger charge is -2.08. The number of nitrogens with zero attached hydrogens (tertiary/aromatic N) is 6. The number of hydrogen-bond acceptors (Lipinski definition) is 6. The third kappa shape index (κ3) is 3.59. The SMILES string of the molecule is Cc1cc(NC(=O)CSc2nnnn2C)n(-c2ccc(F)cc2)n1. The highest BCUT2D eigenvalue weighted by Crippen LogP contribution is 2.19. The average Bonchev–Trinajstić information content (AvgIpc) is 3.12. The van der Waals surface area contributed by atoms with Crippen molar-refractivity contribution in [2.24, 2.45) is 7.05 Å². The summed E-state index contributed by atoms with van der Waals surface area (Å²) < 4.78 is 16.1. The number of benzene rings is 1. The molecule has 124 valence electrons. The van der Waals surface area contributed by atoms with E-state index in [9.17, 15) is 9.18 Å². The van der Waals surface area contributed by atoms with E-state index >= 15 is 0 Å². The van der Waals surface area contributed by atoms with Crippen molar-refractivity contribution in [2.75, 3.05) is 11.1 Å². The van der Waals surface area contributed by atoms with Crippen LogP contribution in [0.1, 0.15) is 5.69 Å². The Morgan fingerprint density at radius 2 is 2.08 bits per heavy atom. The number of carbonyl (C=O) groups is 1. The van der Waals surface area contributed by atoms with Crippen LogP contribution in [-0.4, -0.2) is 41.6 Å². The van der Waals surface area contributed by atoms with E-state index in [1.807, 2.05) is 6.92 Å². The molecule has 1 N–H and O–H groups in total. The summed E-state index contributed by atoms with van der Waals surface area (Å²) in [5, 5.41) is 18.7. The summed E-state index contributed by atoms with van der Waals surface area (Å²) in [6.45, 7) is 1.82. The molecule has 0 unspecified atom stereocenters. The van der Waals surface area contributed by atoms with Gasteiger partial charge >= 0.3 is 0 Å². The first-order valence-electron chi connectivity index (χ1n) is 7.00. The fourth-order valence-corrected chi connectivity index (χ4v) is 2.67. The molecule has 0 saturated carbocycles. The van der Waals surface area contributed by atoms with Crippen molar-refractivity contribution in [3.05, 3.63) is 41.8 Å². The molecule has 10 heteroatoms. The summed E-state index contributed by atoms with van der Waals surface area (Å²) in [6.07, 6.45) is 0. The summed E-state index contributed by atoms with van der Waals surface area (Å²) in [5.74, 6) is 0.121. The first kappa shape index (κ1) is 16.1. The Morgan fingerprint density at radius 1 is 1.33 bits per heavy atom. The molecule has 0 spiro atoms. The van der Waals surface area contributed by atoms with E-state index in [1.165, 1.54) is 28.6 Å². The molecule has 0 atom stereocenters. The van der Waals surface area contributed by atoms with Gasteiger partial charge in [-0.15, -0.1) is 5.10 Å². The van der Waals surface area contributed by atoms with Gasteiger partial charge in [0.05, 0.1) is 17.1 Å². The second-order valence-corrected chi connectivity index (χ2v) is 5.92. The highest BCUT2D eigenvalue weighted by molar-refractivity contribution is 7.99. The van der Waals surface area contributed by atoms with Crippen LogP contribution in [0, 0.1) is 12.7 Å². The highest BCUT2D eigenvalue weighted by atomic mass is 32.2. The zero-order chi connectivity index (χ0) is 17.1. The predicted octanol–water partition coefficient (Wildman–Crippen LogP) is 1.57. The van der Waals surface area contributed by atoms with Gasteiger partial charge in [0.1, 0.15) is 11.6 Å². The molecule has 0 aliphatic heterocycles. The van der Waals surface area contributed by atoms with Crippen molar-refractivity contribution < 1.29 is 9.18 Å². The van der Waals surface area contributed by atoms with Crippen LogP contribution in [-0.2, 0) is 11.8 Å². The molecule has 24 heavy (non-hydrogen) atoms. The van der Waals surface area contributed by atoms with Crippen molar-refractivity contribution in [1.82, 2.24) is 30.0 Å². The Labute approximate surface area is 141 Å². The fourth-order valence-electron chi connectivity index (χ4n) is 2.02. The molecule has 1 aromatic carbocycles. The van der Waals surface area contributed by atoms with Crippen LogP contribution < -0.4 is 5.32 Å². The highest BCUT2D eigenvalue weighted by Gasteiger charge is 2.13. The van der Waals surface area contributed by atoms with E-state index in [0.717, 1.165) is 5.69 Å². The number of hydrogen-bond donors (Lipinski definition) is 1. The van der Waals surface area contributed by atoms with Gasteiger partial charge in [0.25, 0.3) is 0 Å². The van der Waals surface area contributed by atoms with E-state index in [-0.39, 0.29) is 17.5 Å². The van der Waals surface area contributed by atoms with Gasteiger partial charge in [0.15, 0.2) is 0 Å². The maximum absolute atomic E-state index is 13.1. The van der Waals surface area contributed by atoms with Gasteiger partial charge in [-0.25, -0.2) is 13.8 Å². The Bertz CT molecular complexity index is 858. The van der Waals surface area contributed by atoms with Crippen molar-refractivity contribution in [3.8, 4) is 5.69 Å². The molecular formula is C14H14FN7OS. The van der Waals surface area contributed by atoms with Gasteiger partial charge in [-0.2, -0.15) is 5.10 Å². The van der Waals surface area contributed by atoms with Crippen LogP contribution in [0.3, 0.4) is 0 Å². The van der Waals surface area contributed by atoms with E-state index in [1.54, 1.807) is 29.9 Å². The molecule has 3 aromatic rings. The van der Waals surface area contributed by atoms with Gasteiger partial charge in [-0.05, 0) is 41.6 Å². The zero-order valence-electron chi connectivity index (χ0n) is 13.0. The third-order valence-corrected chi connectivity index (χ3v) is 4.09. The molecule has 0 bridgehead atoms. The molecule has 2 heterocycles. The van der Waals surface area contributed by atoms with Gasteiger partial charge in [0, 0.05) is 13.1 Å². The molecule has 2 aromatic heterocycles. The van der Waals surface area contributed by atoms with Crippen molar-refractivity contribution in [1.29, 1.82) is 0 Å². The van der Waals surface area contributed by atoms with Crippen LogP contribution >= 0.6 is 11.8 Å². The van der Waals surface area contributed by atoms with E-state index in [4.69, 9.17) is 0 Å². The quantitative estimate of drug-likeness (QED) is 0.705. The Balaban J connectivity index is 1.72. The van der Waals surface area contributed by atoms with Gasteiger partial charge in [-0.3, -0.25) is 4.79 Å². The van der Waals surface area contributed by atoms with Gasteiger partial charge in [0.2, 0.25) is 11.1 Å². The van der Waals surface area contributed by atoms with Gasteiger partial charge in [-0.1, -0.05) is 11.8 Å². The van der Waals surface area contributed by atoms with Crippen LogP contribution in [0.15, 0.2) is 35.5 Å². The second-order valence-electron chi connectivity index (χ2n) is 4.98. The first-order chi connectivity index (χ1) is 11.5. The van der Waals surface area contributed by atoms with Crippen LogP contribution in [0.5, 0.6) is 0 Å². The number of anilines is 1. The molecular weight excluding hydrogens is 333 g/mol. The lowest BCUT2D eigenvalue weighted by Crippen LogP contribution is -2.17. The number of aromatic nitrogens is 6. The van der Waals surface area contributed by atoms with Crippen molar-refractivity contribution in [3.63, 3.8) is 0 Å². The van der Waals surface area contributed by atoms with E-state index in [2.05, 4.69) is 25.9 Å². The lowest BCUT2D eigenvalue weighted by atomic mass is 10.3. The van der Waals surface area contributed by atoms with Crippen molar-refractivity contribution in [2.45, 2.75) is 12.1 Å². The summed E-state index contributed by atoms with van der Waals surface area (Å²) in [7, 11) is 1.70. The Kier molecular flexibility index (Phi) is 4.56. The second kappa shape index (κ2) is 6.79. The molecule has 3 rings (SSSR count). The van der Waals surface area contributed by atoms with E-state index < -0.39 is 0 Å². The molecule has 1 amide bonds. The Hall–Kier alpha value is -2.75. The lowest BCUT2D eigenvalue weighted by molar-refractivity contribution is -0.113. The number of thioether (sulfide) groups is 1. The average molecular weight is 347 g/mol. The van der Waals surface area contributed by atoms with E-state index in [0.29, 0.717) is 16.7 Å². The number of rotatable bonds is 5. The number of nitrogens with one attached hydrogen (secondary N) is 1. The number of aryl methyl sites for hydroxylation is 2. The molecule has 0 radical (unpaired) electrons. The zero-order valence-corrected chi connectivity index (χ0v) is 13.8. The summed E-state index contributed by atoms with van der Waals surface area (Å²) >= 11 is 1.23. The summed E-state index contributed by atoms with van der Waals surface area (Å²) in [6, 6.07) is 7.62. The van der Waals surface area contributed by atoms with Gasteiger partial charge < -0.3 is 5.32 Å². The number of amides is 1. The third-order valence-electron chi connectivity index (χ3n) is 3.08. The minimum Gasteiger partial charge on any atom is -0.310 e. The normalized spacial score (nSPS) is 10.8. The summed E-state index contributed by atoms with van der Waals surface area (Å²) in [4.78, 5) is 12.2. The van der Waals surface area contributed by atoms with Crippen LogP contribution in [0.25, 0.3) is 5.69 Å². The minimum atomic E-state index is -0.332. The first-order valence-corrected chi connectivity index (χ1v) is 7.99. The molecule has 0 saturated heterocycles. The standard InChI is InChI=1S/C14H14FN7OS/c1-9-7-12(22(18-9)11-5-3-10(15)4-6-11)16-13(23)8-24-14-17-19-20-21(14)2/h3-7H,8H2,1-2H3,(H,16,23). The topological polar surface area (TPSA) is 90.5 Å². The predicted molar refractivity (Wildman–Crippen MR) is 86.4 cm³/mol. The maximum Gasteiger partial charge on any atom is 0.236 e. The van der Waals surface area contributed by atoms with Crippen molar-refractivity contribution >= 4 is 23.5 Å². The summed E-state index contributed by atoms with van der Waals surface area (Å²) in [5.41, 5.74) is 1.39. The monoisotopic (exact) mass is 347 g/mol. The fraction of sp³-hybridized carbons (Fsp3) is 0.214. The number of carbonyl (C=O) groups excluding carboxylic acids is 1. The molecule has 8 nitrogen and oxygen atoms in total. The number of tetrazole rings is 1. The smallest absolute Gasteiger partial charge is 0.236 e. The molecule has 0 fully saturated rings. The van der Waals surface area contributed by atoms with Crippen LogP contribution in [0.2, 0.25) is 0 Å².